The Morgan fingerprint density at radius 3 is 2.62 bits per heavy atom. The fourth-order valence-corrected chi connectivity index (χ4v) is 3.03. The van der Waals surface area contributed by atoms with Crippen LogP contribution in [0, 0.1) is 0 Å². The molecule has 0 saturated carbocycles. The van der Waals surface area contributed by atoms with E-state index >= 15 is 0 Å². The molecule has 1 unspecified atom stereocenters. The number of fused-ring (bicyclic) bond motifs is 1. The van der Waals surface area contributed by atoms with Crippen molar-refractivity contribution in [1.29, 1.82) is 0 Å². The third kappa shape index (κ3) is 4.86. The summed E-state index contributed by atoms with van der Waals surface area (Å²) in [5.74, 6) is -1.62. The van der Waals surface area contributed by atoms with E-state index in [0.717, 1.165) is 16.0 Å². The van der Waals surface area contributed by atoms with Gasteiger partial charge in [-0.25, -0.2) is 4.79 Å². The second-order valence-electron chi connectivity index (χ2n) is 4.62. The number of esters is 2. The van der Waals surface area contributed by atoms with Crippen molar-refractivity contribution < 1.29 is 19.1 Å². The average Bonchev–Trinajstić information content (AvgIpc) is 2.86. The van der Waals surface area contributed by atoms with Crippen LogP contribution in [-0.2, 0) is 25.6 Å². The lowest BCUT2D eigenvalue weighted by Gasteiger charge is -2.16. The molecule has 1 aromatic heterocycles. The lowest BCUT2D eigenvalue weighted by atomic mass is 10.3. The van der Waals surface area contributed by atoms with E-state index in [1.54, 1.807) is 24.3 Å². The first-order valence-corrected chi connectivity index (χ1v) is 8.93. The van der Waals surface area contributed by atoms with E-state index in [2.05, 4.69) is 0 Å². The van der Waals surface area contributed by atoms with Crippen molar-refractivity contribution in [3.63, 3.8) is 0 Å². The molecule has 1 aromatic carbocycles. The largest absolute Gasteiger partial charge is 0.460 e. The van der Waals surface area contributed by atoms with Crippen LogP contribution in [0.3, 0.4) is 0 Å². The number of alkyl halides is 3. The van der Waals surface area contributed by atoms with E-state index in [1.807, 2.05) is 0 Å². The molecule has 0 N–H and O–H groups in total. The molecule has 10 heteroatoms. The Bertz CT molecular complexity index is 788. The Morgan fingerprint density at radius 1 is 1.25 bits per heavy atom. The molecule has 6 nitrogen and oxygen atoms in total. The van der Waals surface area contributed by atoms with E-state index in [4.69, 9.17) is 44.3 Å². The second kappa shape index (κ2) is 8.71. The Kier molecular flexibility index (Phi) is 6.91. The van der Waals surface area contributed by atoms with Gasteiger partial charge in [0, 0.05) is 0 Å². The van der Waals surface area contributed by atoms with E-state index in [9.17, 15) is 14.4 Å². The monoisotopic (exact) mass is 411 g/mol. The van der Waals surface area contributed by atoms with E-state index < -0.39 is 22.9 Å². The first-order valence-electron chi connectivity index (χ1n) is 6.71. The van der Waals surface area contributed by atoms with Crippen molar-refractivity contribution in [3.05, 3.63) is 33.9 Å². The number of rotatable bonds is 7. The number of thiazole rings is 1. The van der Waals surface area contributed by atoms with Crippen LogP contribution in [-0.4, -0.2) is 39.9 Å². The molecular formula is C14H12Cl3NO5S. The van der Waals surface area contributed by atoms with E-state index in [-0.39, 0.29) is 23.9 Å². The van der Waals surface area contributed by atoms with Gasteiger partial charge in [-0.15, -0.1) is 11.6 Å². The van der Waals surface area contributed by atoms with Crippen LogP contribution in [0.5, 0.6) is 0 Å². The lowest BCUT2D eigenvalue weighted by Crippen LogP contribution is -2.30. The Morgan fingerprint density at radius 2 is 1.96 bits per heavy atom. The number of carbonyl (C=O) groups excluding carboxylic acids is 2. The highest BCUT2D eigenvalue weighted by Gasteiger charge is 2.20. The van der Waals surface area contributed by atoms with Crippen LogP contribution in [0.2, 0.25) is 0 Å². The smallest absolute Gasteiger partial charge is 0.339 e. The Labute approximate surface area is 155 Å². The zero-order valence-corrected chi connectivity index (χ0v) is 15.2. The maximum atomic E-state index is 12.0. The summed E-state index contributed by atoms with van der Waals surface area (Å²) in [6.45, 7) is -0.541. The molecule has 2 aromatic rings. The topological polar surface area (TPSA) is 74.6 Å². The standard InChI is InChI=1S/C14H12Cl3NO5S/c15-5-8(7-22-13(20)12(16)17)23-11(19)6-18-9-3-1-2-4-10(9)24-14(18)21/h1-4,8,12H,5-7H2. The quantitative estimate of drug-likeness (QED) is 0.516. The highest BCUT2D eigenvalue weighted by Crippen LogP contribution is 2.16. The molecule has 0 aliphatic heterocycles. The van der Waals surface area contributed by atoms with Crippen molar-refractivity contribution >= 4 is 68.3 Å². The van der Waals surface area contributed by atoms with Gasteiger partial charge in [0.2, 0.25) is 4.84 Å². The van der Waals surface area contributed by atoms with Crippen LogP contribution in [0.15, 0.2) is 29.1 Å². The Hall–Kier alpha value is -1.28. The highest BCUT2D eigenvalue weighted by molar-refractivity contribution is 7.16. The molecule has 0 fully saturated rings. The number of nitrogens with zero attached hydrogens (tertiary/aromatic N) is 1. The van der Waals surface area contributed by atoms with Crippen LogP contribution < -0.4 is 4.87 Å². The van der Waals surface area contributed by atoms with Crippen molar-refractivity contribution in [3.8, 4) is 0 Å². The molecule has 130 valence electrons. The van der Waals surface area contributed by atoms with Gasteiger partial charge in [0.25, 0.3) is 0 Å². The number of para-hydroxylation sites is 1. The van der Waals surface area contributed by atoms with Crippen LogP contribution in [0.4, 0.5) is 0 Å². The van der Waals surface area contributed by atoms with Crippen LogP contribution in [0.25, 0.3) is 10.2 Å². The van der Waals surface area contributed by atoms with Gasteiger partial charge in [0.1, 0.15) is 19.3 Å². The van der Waals surface area contributed by atoms with Gasteiger partial charge in [0.05, 0.1) is 16.1 Å². The molecule has 0 aliphatic rings. The maximum Gasteiger partial charge on any atom is 0.339 e. The summed E-state index contributed by atoms with van der Waals surface area (Å²) in [5, 5.41) is 0. The third-order valence-corrected chi connectivity index (χ3v) is 4.58. The summed E-state index contributed by atoms with van der Waals surface area (Å²) < 4.78 is 12.0. The first-order chi connectivity index (χ1) is 11.4. The predicted molar refractivity (Wildman–Crippen MR) is 93.1 cm³/mol. The van der Waals surface area contributed by atoms with Crippen LogP contribution in [0.1, 0.15) is 0 Å². The molecule has 0 amide bonds. The fourth-order valence-electron chi connectivity index (χ4n) is 1.86. The molecule has 0 radical (unpaired) electrons. The van der Waals surface area contributed by atoms with Crippen molar-refractivity contribution in [2.24, 2.45) is 0 Å². The molecular weight excluding hydrogens is 401 g/mol. The average molecular weight is 413 g/mol. The molecule has 0 saturated heterocycles. The molecule has 2 rings (SSSR count). The van der Waals surface area contributed by atoms with Gasteiger partial charge >= 0.3 is 16.8 Å². The molecule has 0 spiro atoms. The minimum absolute atomic E-state index is 0.0897. The number of halogens is 3. The zero-order valence-electron chi connectivity index (χ0n) is 12.1. The summed E-state index contributed by atoms with van der Waals surface area (Å²) in [6.07, 6.45) is -0.865. The number of hydrogen-bond acceptors (Lipinski definition) is 6. The highest BCUT2D eigenvalue weighted by atomic mass is 35.5. The number of carbonyl (C=O) groups is 2. The third-order valence-electron chi connectivity index (χ3n) is 2.92. The number of benzene rings is 1. The molecule has 0 aliphatic carbocycles. The van der Waals surface area contributed by atoms with Crippen molar-refractivity contribution in [2.45, 2.75) is 17.5 Å². The van der Waals surface area contributed by atoms with Gasteiger partial charge in [-0.1, -0.05) is 46.7 Å². The summed E-state index contributed by atoms with van der Waals surface area (Å²) >= 11 is 17.4. The molecule has 24 heavy (non-hydrogen) atoms. The number of aromatic nitrogens is 1. The minimum Gasteiger partial charge on any atom is -0.460 e. The number of ether oxygens (including phenoxy) is 2. The molecule has 1 heterocycles. The van der Waals surface area contributed by atoms with E-state index in [1.165, 1.54) is 4.57 Å². The summed E-state index contributed by atoms with van der Waals surface area (Å²) in [6, 6.07) is 7.10. The van der Waals surface area contributed by atoms with Crippen molar-refractivity contribution in [2.75, 3.05) is 12.5 Å². The Balaban J connectivity index is 1.99. The SMILES string of the molecule is O=C(Cn1c(=O)sc2ccccc21)OC(CCl)COC(=O)C(Cl)Cl. The zero-order chi connectivity index (χ0) is 17.7. The van der Waals surface area contributed by atoms with Gasteiger partial charge < -0.3 is 9.47 Å². The van der Waals surface area contributed by atoms with Gasteiger partial charge in [-0.2, -0.15) is 0 Å². The summed E-state index contributed by atoms with van der Waals surface area (Å²) in [5.41, 5.74) is 0.644. The van der Waals surface area contributed by atoms with Gasteiger partial charge in [0.15, 0.2) is 0 Å². The van der Waals surface area contributed by atoms with E-state index in [0.29, 0.717) is 5.52 Å². The first kappa shape index (κ1) is 19.1. The number of hydrogen-bond donors (Lipinski definition) is 0. The molecule has 0 bridgehead atoms. The van der Waals surface area contributed by atoms with Crippen molar-refractivity contribution in [1.82, 2.24) is 4.57 Å². The maximum absolute atomic E-state index is 12.0. The summed E-state index contributed by atoms with van der Waals surface area (Å²) in [7, 11) is 0. The second-order valence-corrected chi connectivity index (χ2v) is 7.02. The predicted octanol–water partition coefficient (Wildman–Crippen LogP) is 2.56. The lowest BCUT2D eigenvalue weighted by molar-refractivity contribution is -0.157. The normalized spacial score (nSPS) is 12.3. The summed E-state index contributed by atoms with van der Waals surface area (Å²) in [4.78, 5) is 33.6. The fraction of sp³-hybridized carbons (Fsp3) is 0.357. The minimum atomic E-state index is -1.33. The van der Waals surface area contributed by atoms with Crippen LogP contribution >= 0.6 is 46.1 Å². The molecule has 1 atom stereocenters. The van der Waals surface area contributed by atoms with Gasteiger partial charge in [-0.3, -0.25) is 14.2 Å². The van der Waals surface area contributed by atoms with Gasteiger partial charge in [-0.05, 0) is 12.1 Å².